The van der Waals surface area contributed by atoms with Crippen molar-refractivity contribution in [3.63, 3.8) is 0 Å². The summed E-state index contributed by atoms with van der Waals surface area (Å²) in [5.41, 5.74) is 0. The van der Waals surface area contributed by atoms with Crippen LogP contribution < -0.4 is 4.90 Å². The van der Waals surface area contributed by atoms with Gasteiger partial charge in [-0.2, -0.15) is 11.8 Å². The van der Waals surface area contributed by atoms with E-state index < -0.39 is 5.97 Å². The number of fused-ring (bicyclic) bond motifs is 1. The molecular formula is C14H17N3O2S2. The van der Waals surface area contributed by atoms with Gasteiger partial charge in [-0.15, -0.1) is 11.3 Å². The minimum Gasteiger partial charge on any atom is -0.481 e. The van der Waals surface area contributed by atoms with Crippen molar-refractivity contribution in [1.29, 1.82) is 0 Å². The molecular weight excluding hydrogens is 306 g/mol. The molecule has 0 aromatic carbocycles. The summed E-state index contributed by atoms with van der Waals surface area (Å²) in [6, 6.07) is 2.15. The number of thioether (sulfide) groups is 1. The zero-order chi connectivity index (χ0) is 14.8. The van der Waals surface area contributed by atoms with Crippen LogP contribution in [0.3, 0.4) is 0 Å². The molecule has 0 radical (unpaired) electrons. The average Bonchev–Trinajstić information content (AvgIpc) is 2.90. The zero-order valence-electron chi connectivity index (χ0n) is 11.8. The van der Waals surface area contributed by atoms with Gasteiger partial charge in [-0.25, -0.2) is 9.97 Å². The van der Waals surface area contributed by atoms with Gasteiger partial charge >= 0.3 is 5.97 Å². The summed E-state index contributed by atoms with van der Waals surface area (Å²) < 4.78 is 0. The summed E-state index contributed by atoms with van der Waals surface area (Å²) in [6.45, 7) is 2.97. The topological polar surface area (TPSA) is 66.3 Å². The normalized spacial score (nSPS) is 19.1. The maximum atomic E-state index is 11.1. The summed E-state index contributed by atoms with van der Waals surface area (Å²) >= 11 is 3.50. The fourth-order valence-electron chi connectivity index (χ4n) is 2.60. The molecule has 2 aromatic heterocycles. The molecule has 1 fully saturated rings. The van der Waals surface area contributed by atoms with Gasteiger partial charge < -0.3 is 10.0 Å². The van der Waals surface area contributed by atoms with E-state index >= 15 is 0 Å². The first-order chi connectivity index (χ1) is 10.2. The predicted octanol–water partition coefficient (Wildman–Crippen LogP) is 2.65. The first-order valence-electron chi connectivity index (χ1n) is 6.98. The maximum absolute atomic E-state index is 11.1. The third-order valence-electron chi connectivity index (χ3n) is 3.62. The number of aryl methyl sites for hydroxylation is 1. The van der Waals surface area contributed by atoms with Crippen LogP contribution in [-0.4, -0.2) is 45.1 Å². The van der Waals surface area contributed by atoms with E-state index in [1.165, 1.54) is 4.88 Å². The van der Waals surface area contributed by atoms with Gasteiger partial charge in [-0.1, -0.05) is 6.92 Å². The smallest absolute Gasteiger partial charge is 0.305 e. The number of carboxylic acids is 1. The highest BCUT2D eigenvalue weighted by molar-refractivity contribution is 7.99. The maximum Gasteiger partial charge on any atom is 0.305 e. The molecule has 0 saturated carbocycles. The van der Waals surface area contributed by atoms with Crippen LogP contribution in [-0.2, 0) is 11.2 Å². The predicted molar refractivity (Wildman–Crippen MR) is 87.5 cm³/mol. The second kappa shape index (κ2) is 6.19. The lowest BCUT2D eigenvalue weighted by atomic mass is 10.2. The van der Waals surface area contributed by atoms with E-state index in [4.69, 9.17) is 5.11 Å². The van der Waals surface area contributed by atoms with Gasteiger partial charge in [-0.05, 0) is 12.5 Å². The Bertz CT molecular complexity index is 659. The Balaban J connectivity index is 2.00. The fraction of sp³-hybridized carbons (Fsp3) is 0.500. The standard InChI is InChI=1S/C14H17N3O2S2/c1-2-10-6-11-13(15-8-16-14(11)21-10)17-3-4-20-7-9(17)5-12(18)19/h6,8-9H,2-5,7H2,1H3,(H,18,19). The molecule has 1 N–H and O–H groups in total. The minimum atomic E-state index is -0.752. The summed E-state index contributed by atoms with van der Waals surface area (Å²) in [5.74, 6) is 1.98. The number of aliphatic carboxylic acids is 1. The molecule has 0 amide bonds. The number of nitrogens with zero attached hydrogens (tertiary/aromatic N) is 3. The molecule has 5 nitrogen and oxygen atoms in total. The van der Waals surface area contributed by atoms with Gasteiger partial charge in [0.2, 0.25) is 0 Å². The van der Waals surface area contributed by atoms with Crippen molar-refractivity contribution in [2.45, 2.75) is 25.8 Å². The molecule has 2 aromatic rings. The van der Waals surface area contributed by atoms with Crippen molar-refractivity contribution in [3.8, 4) is 0 Å². The lowest BCUT2D eigenvalue weighted by molar-refractivity contribution is -0.137. The number of carboxylic acid groups (broad SMARTS) is 1. The Labute approximate surface area is 131 Å². The number of hydrogen-bond acceptors (Lipinski definition) is 6. The molecule has 7 heteroatoms. The number of rotatable bonds is 4. The molecule has 1 aliphatic heterocycles. The van der Waals surface area contributed by atoms with Gasteiger partial charge in [0, 0.05) is 29.0 Å². The van der Waals surface area contributed by atoms with Crippen molar-refractivity contribution >= 4 is 45.1 Å². The fourth-order valence-corrected chi connectivity index (χ4v) is 4.59. The Hall–Kier alpha value is -1.34. The molecule has 1 aliphatic rings. The number of aromatic nitrogens is 2. The second-order valence-electron chi connectivity index (χ2n) is 5.00. The number of anilines is 1. The number of hydrogen-bond donors (Lipinski definition) is 1. The lowest BCUT2D eigenvalue weighted by Crippen LogP contribution is -2.44. The van der Waals surface area contributed by atoms with Crippen molar-refractivity contribution < 1.29 is 9.90 Å². The van der Waals surface area contributed by atoms with Crippen molar-refractivity contribution in [2.24, 2.45) is 0 Å². The lowest BCUT2D eigenvalue weighted by Gasteiger charge is -2.35. The monoisotopic (exact) mass is 323 g/mol. The molecule has 0 bridgehead atoms. The summed E-state index contributed by atoms with van der Waals surface area (Å²) in [5, 5.41) is 10.2. The number of carbonyl (C=O) groups is 1. The van der Waals surface area contributed by atoms with Crippen LogP contribution in [0.25, 0.3) is 10.2 Å². The van der Waals surface area contributed by atoms with Gasteiger partial charge in [0.1, 0.15) is 17.0 Å². The van der Waals surface area contributed by atoms with Crippen LogP contribution in [0.4, 0.5) is 5.82 Å². The molecule has 1 saturated heterocycles. The SMILES string of the molecule is CCc1cc2c(N3CCSCC3CC(=O)O)ncnc2s1. The van der Waals surface area contributed by atoms with Gasteiger partial charge in [0.15, 0.2) is 0 Å². The van der Waals surface area contributed by atoms with Crippen LogP contribution in [0.5, 0.6) is 0 Å². The quantitative estimate of drug-likeness (QED) is 0.933. The molecule has 0 spiro atoms. The van der Waals surface area contributed by atoms with Crippen LogP contribution in [0.1, 0.15) is 18.2 Å². The Morgan fingerprint density at radius 1 is 1.52 bits per heavy atom. The van der Waals surface area contributed by atoms with E-state index in [0.717, 1.165) is 40.5 Å². The molecule has 112 valence electrons. The van der Waals surface area contributed by atoms with Crippen molar-refractivity contribution in [2.75, 3.05) is 23.0 Å². The summed E-state index contributed by atoms with van der Waals surface area (Å²) in [4.78, 5) is 24.3. The Morgan fingerprint density at radius 2 is 2.38 bits per heavy atom. The Kier molecular flexibility index (Phi) is 4.30. The van der Waals surface area contributed by atoms with Gasteiger partial charge in [0.25, 0.3) is 0 Å². The first kappa shape index (κ1) is 14.6. The van der Waals surface area contributed by atoms with E-state index in [-0.39, 0.29) is 12.5 Å². The van der Waals surface area contributed by atoms with Crippen LogP contribution >= 0.6 is 23.1 Å². The van der Waals surface area contributed by atoms with E-state index in [2.05, 4.69) is 27.9 Å². The molecule has 0 aliphatic carbocycles. The molecule has 1 atom stereocenters. The van der Waals surface area contributed by atoms with E-state index in [9.17, 15) is 4.79 Å². The second-order valence-corrected chi connectivity index (χ2v) is 7.27. The van der Waals surface area contributed by atoms with Crippen LogP contribution in [0.2, 0.25) is 0 Å². The highest BCUT2D eigenvalue weighted by atomic mass is 32.2. The summed E-state index contributed by atoms with van der Waals surface area (Å²) in [6.07, 6.45) is 2.73. The first-order valence-corrected chi connectivity index (χ1v) is 8.95. The largest absolute Gasteiger partial charge is 0.481 e. The molecule has 3 heterocycles. The number of thiophene rings is 1. The zero-order valence-corrected chi connectivity index (χ0v) is 13.4. The molecule has 1 unspecified atom stereocenters. The van der Waals surface area contributed by atoms with E-state index in [0.29, 0.717) is 0 Å². The third kappa shape index (κ3) is 2.98. The third-order valence-corrected chi connectivity index (χ3v) is 5.90. The van der Waals surface area contributed by atoms with Gasteiger partial charge in [-0.3, -0.25) is 4.79 Å². The van der Waals surface area contributed by atoms with Crippen molar-refractivity contribution in [1.82, 2.24) is 9.97 Å². The molecule has 21 heavy (non-hydrogen) atoms. The Morgan fingerprint density at radius 3 is 3.14 bits per heavy atom. The highest BCUT2D eigenvalue weighted by Crippen LogP contribution is 2.33. The van der Waals surface area contributed by atoms with Crippen LogP contribution in [0.15, 0.2) is 12.4 Å². The van der Waals surface area contributed by atoms with Crippen molar-refractivity contribution in [3.05, 3.63) is 17.3 Å². The van der Waals surface area contributed by atoms with E-state index in [1.807, 2.05) is 11.8 Å². The molecule has 3 rings (SSSR count). The summed E-state index contributed by atoms with van der Waals surface area (Å²) in [7, 11) is 0. The van der Waals surface area contributed by atoms with Gasteiger partial charge in [0.05, 0.1) is 11.8 Å². The minimum absolute atomic E-state index is 0.00401. The average molecular weight is 323 g/mol. The van der Waals surface area contributed by atoms with E-state index in [1.54, 1.807) is 17.7 Å². The highest BCUT2D eigenvalue weighted by Gasteiger charge is 2.27. The van der Waals surface area contributed by atoms with Crippen LogP contribution in [0, 0.1) is 0 Å².